The molecular formula is C19H25N7O4S. The summed E-state index contributed by atoms with van der Waals surface area (Å²) in [7, 11) is 0. The van der Waals surface area contributed by atoms with Crippen LogP contribution in [0.5, 0.6) is 0 Å². The van der Waals surface area contributed by atoms with Crippen LogP contribution in [0, 0.1) is 16.0 Å². The first-order valence-electron chi connectivity index (χ1n) is 9.91. The lowest BCUT2D eigenvalue weighted by molar-refractivity contribution is -0.402. The van der Waals surface area contributed by atoms with Crippen LogP contribution in [0.3, 0.4) is 0 Å². The highest BCUT2D eigenvalue weighted by molar-refractivity contribution is 7.99. The molecule has 166 valence electrons. The zero-order valence-electron chi connectivity index (χ0n) is 17.8. The van der Waals surface area contributed by atoms with Crippen molar-refractivity contribution in [3.8, 4) is 0 Å². The van der Waals surface area contributed by atoms with Gasteiger partial charge in [0.25, 0.3) is 5.91 Å². The molecular weight excluding hydrogens is 422 g/mol. The first-order chi connectivity index (χ1) is 14.7. The second-order valence-electron chi connectivity index (χ2n) is 7.55. The Morgan fingerprint density at radius 3 is 2.71 bits per heavy atom. The van der Waals surface area contributed by atoms with Crippen LogP contribution in [0.25, 0.3) is 11.0 Å². The molecule has 3 rings (SSSR count). The van der Waals surface area contributed by atoms with Gasteiger partial charge in [-0.3, -0.25) is 14.9 Å². The van der Waals surface area contributed by atoms with Gasteiger partial charge in [-0.2, -0.15) is 5.10 Å². The molecule has 0 aliphatic heterocycles. The number of nitro groups is 1. The summed E-state index contributed by atoms with van der Waals surface area (Å²) in [6.07, 6.45) is 1.71. The molecule has 3 aromatic heterocycles. The van der Waals surface area contributed by atoms with Crippen molar-refractivity contribution in [2.75, 3.05) is 18.4 Å². The molecule has 0 atom stereocenters. The number of nitrogens with zero attached hydrogens (tertiary/aromatic N) is 5. The van der Waals surface area contributed by atoms with Crippen molar-refractivity contribution in [3.63, 3.8) is 0 Å². The lowest BCUT2D eigenvalue weighted by Gasteiger charge is -2.12. The summed E-state index contributed by atoms with van der Waals surface area (Å²) in [6, 6.07) is 2.42. The third-order valence-corrected chi connectivity index (χ3v) is 4.96. The molecule has 0 fully saturated rings. The van der Waals surface area contributed by atoms with E-state index in [9.17, 15) is 14.9 Å². The van der Waals surface area contributed by atoms with Crippen LogP contribution >= 0.6 is 11.8 Å². The number of carbonyl (C=O) groups is 1. The molecule has 31 heavy (non-hydrogen) atoms. The van der Waals surface area contributed by atoms with Gasteiger partial charge in [-0.1, -0.05) is 39.5 Å². The SMILES string of the molecule is CC(C)CNc1nc(SC(C)C)nc2c1cnn2CCNC(=O)c1ccc([N+](=O)[O-])o1. The van der Waals surface area contributed by atoms with Crippen molar-refractivity contribution in [2.24, 2.45) is 5.92 Å². The molecule has 0 aliphatic carbocycles. The maximum atomic E-state index is 12.2. The fraction of sp³-hybridized carbons (Fsp3) is 0.474. The molecule has 0 aliphatic rings. The smallest absolute Gasteiger partial charge is 0.395 e. The van der Waals surface area contributed by atoms with Crippen molar-refractivity contribution in [3.05, 3.63) is 34.2 Å². The van der Waals surface area contributed by atoms with E-state index in [-0.39, 0.29) is 12.3 Å². The van der Waals surface area contributed by atoms with Crippen LogP contribution in [0.4, 0.5) is 11.7 Å². The fourth-order valence-electron chi connectivity index (χ4n) is 2.71. The zero-order chi connectivity index (χ0) is 22.5. The first-order valence-corrected chi connectivity index (χ1v) is 10.8. The molecule has 0 unspecified atom stereocenters. The minimum absolute atomic E-state index is 0.116. The minimum Gasteiger partial charge on any atom is -0.395 e. The average Bonchev–Trinajstić information content (AvgIpc) is 3.33. The average molecular weight is 448 g/mol. The highest BCUT2D eigenvalue weighted by atomic mass is 32.2. The van der Waals surface area contributed by atoms with Gasteiger partial charge >= 0.3 is 5.88 Å². The van der Waals surface area contributed by atoms with Crippen LogP contribution in [0.15, 0.2) is 27.9 Å². The number of hydrogen-bond donors (Lipinski definition) is 2. The van der Waals surface area contributed by atoms with Crippen LogP contribution in [-0.4, -0.2) is 48.9 Å². The lowest BCUT2D eigenvalue weighted by Crippen LogP contribution is -2.27. The molecule has 0 spiro atoms. The van der Waals surface area contributed by atoms with E-state index in [0.717, 1.165) is 23.8 Å². The predicted octanol–water partition coefficient (Wildman–Crippen LogP) is 3.33. The van der Waals surface area contributed by atoms with Gasteiger partial charge < -0.3 is 15.1 Å². The summed E-state index contributed by atoms with van der Waals surface area (Å²) in [5, 5.41) is 22.9. The molecule has 12 heteroatoms. The van der Waals surface area contributed by atoms with Gasteiger partial charge in [-0.15, -0.1) is 0 Å². The van der Waals surface area contributed by atoms with Gasteiger partial charge in [0.1, 0.15) is 10.7 Å². The molecule has 3 aromatic rings. The van der Waals surface area contributed by atoms with Crippen LogP contribution < -0.4 is 10.6 Å². The summed E-state index contributed by atoms with van der Waals surface area (Å²) in [4.78, 5) is 31.4. The third kappa shape index (κ3) is 5.72. The normalized spacial score (nSPS) is 11.4. The van der Waals surface area contributed by atoms with Crippen LogP contribution in [0.1, 0.15) is 38.2 Å². The summed E-state index contributed by atoms with van der Waals surface area (Å²) >= 11 is 1.56. The van der Waals surface area contributed by atoms with E-state index in [2.05, 4.69) is 53.4 Å². The quantitative estimate of drug-likeness (QED) is 0.207. The monoisotopic (exact) mass is 447 g/mol. The number of furan rings is 1. The van der Waals surface area contributed by atoms with Crippen molar-refractivity contribution in [1.82, 2.24) is 25.1 Å². The van der Waals surface area contributed by atoms with E-state index in [1.165, 1.54) is 6.07 Å². The molecule has 0 saturated heterocycles. The van der Waals surface area contributed by atoms with Crippen LogP contribution in [0.2, 0.25) is 0 Å². The summed E-state index contributed by atoms with van der Waals surface area (Å²) < 4.78 is 6.62. The number of carbonyl (C=O) groups excluding carboxylic acids is 1. The Morgan fingerprint density at radius 1 is 1.29 bits per heavy atom. The third-order valence-electron chi connectivity index (χ3n) is 4.10. The molecule has 2 N–H and O–H groups in total. The standard InChI is InChI=1S/C19H25N7O4S/c1-11(2)9-21-16-13-10-22-25(17(13)24-19(23-16)31-12(3)4)8-7-20-18(27)14-5-6-15(30-14)26(28)29/h5-6,10-12H,7-9H2,1-4H3,(H,20,27)(H,21,23,24). The lowest BCUT2D eigenvalue weighted by atomic mass is 10.2. The van der Waals surface area contributed by atoms with Crippen molar-refractivity contribution in [2.45, 2.75) is 44.6 Å². The summed E-state index contributed by atoms with van der Waals surface area (Å²) in [5.41, 5.74) is 0.673. The number of anilines is 1. The van der Waals surface area contributed by atoms with Gasteiger partial charge in [-0.05, 0) is 12.0 Å². The second-order valence-corrected chi connectivity index (χ2v) is 9.10. The molecule has 3 heterocycles. The van der Waals surface area contributed by atoms with Gasteiger partial charge in [0.15, 0.2) is 16.6 Å². The Hall–Kier alpha value is -3.15. The highest BCUT2D eigenvalue weighted by Crippen LogP contribution is 2.26. The van der Waals surface area contributed by atoms with Gasteiger partial charge in [0, 0.05) is 18.3 Å². The van der Waals surface area contributed by atoms with Crippen molar-refractivity contribution in [1.29, 1.82) is 0 Å². The summed E-state index contributed by atoms with van der Waals surface area (Å²) in [6.45, 7) is 9.77. The van der Waals surface area contributed by atoms with Crippen molar-refractivity contribution >= 4 is 40.4 Å². The Balaban J connectivity index is 1.74. The molecule has 1 amide bonds. The highest BCUT2D eigenvalue weighted by Gasteiger charge is 2.18. The topological polar surface area (TPSA) is 141 Å². The predicted molar refractivity (Wildman–Crippen MR) is 117 cm³/mol. The van der Waals surface area contributed by atoms with E-state index in [1.54, 1.807) is 22.6 Å². The van der Waals surface area contributed by atoms with Crippen molar-refractivity contribution < 1.29 is 14.1 Å². The molecule has 0 saturated carbocycles. The number of thioether (sulfide) groups is 1. The molecule has 11 nitrogen and oxygen atoms in total. The number of fused-ring (bicyclic) bond motifs is 1. The molecule has 0 radical (unpaired) electrons. The van der Waals surface area contributed by atoms with E-state index < -0.39 is 16.7 Å². The molecule has 0 aromatic carbocycles. The van der Waals surface area contributed by atoms with E-state index in [0.29, 0.717) is 28.5 Å². The van der Waals surface area contributed by atoms with Gasteiger partial charge in [-0.25, -0.2) is 14.6 Å². The number of aromatic nitrogens is 4. The fourth-order valence-corrected chi connectivity index (χ4v) is 3.41. The number of hydrogen-bond acceptors (Lipinski definition) is 9. The van der Waals surface area contributed by atoms with Gasteiger partial charge in [0.2, 0.25) is 0 Å². The maximum Gasteiger partial charge on any atom is 0.433 e. The second kappa shape index (κ2) is 9.77. The maximum absolute atomic E-state index is 12.2. The zero-order valence-corrected chi connectivity index (χ0v) is 18.6. The Morgan fingerprint density at radius 2 is 2.06 bits per heavy atom. The Labute approximate surface area is 183 Å². The Bertz CT molecular complexity index is 1080. The largest absolute Gasteiger partial charge is 0.433 e. The molecule has 0 bridgehead atoms. The summed E-state index contributed by atoms with van der Waals surface area (Å²) in [5.74, 6) is 0.0649. The van der Waals surface area contributed by atoms with Gasteiger partial charge in [0.05, 0.1) is 24.2 Å². The van der Waals surface area contributed by atoms with E-state index >= 15 is 0 Å². The van der Waals surface area contributed by atoms with Crippen LogP contribution in [-0.2, 0) is 6.54 Å². The first kappa shape index (κ1) is 22.5. The number of nitrogens with one attached hydrogen (secondary N) is 2. The van der Waals surface area contributed by atoms with E-state index in [1.807, 2.05) is 0 Å². The Kier molecular flexibility index (Phi) is 7.10. The minimum atomic E-state index is -0.690. The number of rotatable bonds is 10. The number of amides is 1. The van der Waals surface area contributed by atoms with E-state index in [4.69, 9.17) is 4.42 Å².